The molecule has 0 amide bonds. The smallest absolute Gasteiger partial charge is 0.171 e. The maximum atomic E-state index is 6.28. The monoisotopic (exact) mass is 338 g/mol. The van der Waals surface area contributed by atoms with Crippen molar-refractivity contribution < 1.29 is 0 Å². The van der Waals surface area contributed by atoms with Gasteiger partial charge in [0, 0.05) is 4.47 Å². The zero-order valence-corrected chi connectivity index (χ0v) is 12.6. The average molecular weight is 340 g/mol. The van der Waals surface area contributed by atoms with Crippen LogP contribution in [0.3, 0.4) is 0 Å². The van der Waals surface area contributed by atoms with Gasteiger partial charge in [-0.1, -0.05) is 23.7 Å². The molecule has 90 valence electrons. The van der Waals surface area contributed by atoms with Gasteiger partial charge in [0.2, 0.25) is 0 Å². The van der Waals surface area contributed by atoms with E-state index in [9.17, 15) is 0 Å². The molecular formula is C13H8BrClN2S. The highest BCUT2D eigenvalue weighted by Gasteiger charge is 2.12. The first kappa shape index (κ1) is 12.1. The first-order chi connectivity index (χ1) is 8.66. The summed E-state index contributed by atoms with van der Waals surface area (Å²) < 4.78 is 0.922. The predicted octanol–water partition coefficient (Wildman–Crippen LogP) is 5.08. The van der Waals surface area contributed by atoms with Gasteiger partial charge in [-0.2, -0.15) is 0 Å². The van der Waals surface area contributed by atoms with Gasteiger partial charge in [0.05, 0.1) is 15.8 Å². The van der Waals surface area contributed by atoms with Crippen LogP contribution in [0.4, 0.5) is 0 Å². The second-order valence-electron chi connectivity index (χ2n) is 3.90. The molecule has 3 rings (SSSR count). The quantitative estimate of drug-likeness (QED) is 0.578. The molecule has 3 aromatic rings. The van der Waals surface area contributed by atoms with Crippen molar-refractivity contribution >= 4 is 49.8 Å². The number of benzene rings is 1. The van der Waals surface area contributed by atoms with Crippen LogP contribution >= 0.6 is 38.9 Å². The molecule has 0 saturated carbocycles. The van der Waals surface area contributed by atoms with Gasteiger partial charge in [0.15, 0.2) is 5.82 Å². The number of hydrogen-bond donors (Lipinski definition) is 0. The molecule has 0 spiro atoms. The van der Waals surface area contributed by atoms with Crippen molar-refractivity contribution in [2.24, 2.45) is 0 Å². The van der Waals surface area contributed by atoms with E-state index in [0.29, 0.717) is 11.0 Å². The molecule has 0 aliphatic heterocycles. The summed E-state index contributed by atoms with van der Waals surface area (Å²) >= 11 is 11.4. The number of hydrogen-bond acceptors (Lipinski definition) is 3. The third kappa shape index (κ3) is 1.94. The Bertz CT molecular complexity index is 725. The first-order valence-electron chi connectivity index (χ1n) is 5.33. The number of aromatic nitrogens is 2. The van der Waals surface area contributed by atoms with E-state index >= 15 is 0 Å². The molecule has 0 aliphatic carbocycles. The molecule has 0 atom stereocenters. The summed E-state index contributed by atoms with van der Waals surface area (Å²) in [7, 11) is 0. The Hall–Kier alpha value is -0.970. The molecule has 2 nitrogen and oxygen atoms in total. The minimum absolute atomic E-state index is 0.485. The van der Waals surface area contributed by atoms with E-state index in [1.54, 1.807) is 11.3 Å². The van der Waals surface area contributed by atoms with Gasteiger partial charge in [0.25, 0.3) is 0 Å². The van der Waals surface area contributed by atoms with Crippen LogP contribution in [0.5, 0.6) is 0 Å². The Balaban J connectivity index is 2.37. The van der Waals surface area contributed by atoms with E-state index in [1.165, 1.54) is 0 Å². The standard InChI is InChI=1S/C13H8BrClN2S/c1-7-4-5-8(14)10-11(7)16-13(17-12(10)15)9-3-2-6-18-9/h2-6H,1H3. The largest absolute Gasteiger partial charge is 0.227 e. The minimum Gasteiger partial charge on any atom is -0.227 e. The average Bonchev–Trinajstić information content (AvgIpc) is 2.87. The lowest BCUT2D eigenvalue weighted by Gasteiger charge is -2.07. The number of halogens is 2. The first-order valence-corrected chi connectivity index (χ1v) is 7.38. The van der Waals surface area contributed by atoms with Crippen LogP contribution in [-0.2, 0) is 0 Å². The van der Waals surface area contributed by atoms with Gasteiger partial charge in [-0.15, -0.1) is 11.3 Å². The third-order valence-electron chi connectivity index (χ3n) is 2.70. The number of aryl methyl sites for hydroxylation is 1. The third-order valence-corrected chi connectivity index (χ3v) is 4.50. The highest BCUT2D eigenvalue weighted by atomic mass is 79.9. The van der Waals surface area contributed by atoms with Crippen molar-refractivity contribution in [2.45, 2.75) is 6.92 Å². The Labute approximate surface area is 122 Å². The normalized spacial score (nSPS) is 11.1. The SMILES string of the molecule is Cc1ccc(Br)c2c(Cl)nc(-c3cccs3)nc12. The van der Waals surface area contributed by atoms with Crippen molar-refractivity contribution in [1.82, 2.24) is 9.97 Å². The lowest BCUT2D eigenvalue weighted by Crippen LogP contribution is -1.93. The van der Waals surface area contributed by atoms with Crippen molar-refractivity contribution in [2.75, 3.05) is 0 Å². The van der Waals surface area contributed by atoms with Gasteiger partial charge in [-0.05, 0) is 45.9 Å². The second-order valence-corrected chi connectivity index (χ2v) is 6.06. The molecule has 0 N–H and O–H groups in total. The van der Waals surface area contributed by atoms with Gasteiger partial charge in [-0.3, -0.25) is 0 Å². The van der Waals surface area contributed by atoms with Crippen LogP contribution in [0.2, 0.25) is 5.15 Å². The van der Waals surface area contributed by atoms with E-state index in [1.807, 2.05) is 36.6 Å². The summed E-state index contributed by atoms with van der Waals surface area (Å²) in [5.41, 5.74) is 1.99. The molecule has 2 aromatic heterocycles. The van der Waals surface area contributed by atoms with Gasteiger partial charge < -0.3 is 0 Å². The molecule has 0 bridgehead atoms. The van der Waals surface area contributed by atoms with Gasteiger partial charge in [0.1, 0.15) is 5.15 Å². The minimum atomic E-state index is 0.485. The molecular weight excluding hydrogens is 332 g/mol. The molecule has 18 heavy (non-hydrogen) atoms. The van der Waals surface area contributed by atoms with E-state index < -0.39 is 0 Å². The summed E-state index contributed by atoms with van der Waals surface area (Å²) in [6.45, 7) is 2.02. The van der Waals surface area contributed by atoms with Crippen LogP contribution in [0.15, 0.2) is 34.1 Å². The second kappa shape index (κ2) is 4.61. The lowest BCUT2D eigenvalue weighted by molar-refractivity contribution is 1.23. The molecule has 0 radical (unpaired) electrons. The summed E-state index contributed by atoms with van der Waals surface area (Å²) in [5.74, 6) is 0.684. The fourth-order valence-corrected chi connectivity index (χ4v) is 3.36. The van der Waals surface area contributed by atoms with Crippen LogP contribution < -0.4 is 0 Å². The molecule has 0 aliphatic rings. The Morgan fingerprint density at radius 3 is 2.78 bits per heavy atom. The van der Waals surface area contributed by atoms with E-state index in [0.717, 1.165) is 25.8 Å². The van der Waals surface area contributed by atoms with E-state index in [-0.39, 0.29) is 0 Å². The summed E-state index contributed by atoms with van der Waals surface area (Å²) in [6.07, 6.45) is 0. The van der Waals surface area contributed by atoms with Crippen molar-refractivity contribution in [3.05, 3.63) is 44.8 Å². The van der Waals surface area contributed by atoms with Gasteiger partial charge >= 0.3 is 0 Å². The maximum absolute atomic E-state index is 6.28. The topological polar surface area (TPSA) is 25.8 Å². The van der Waals surface area contributed by atoms with Crippen LogP contribution in [-0.4, -0.2) is 9.97 Å². The van der Waals surface area contributed by atoms with Crippen molar-refractivity contribution in [3.63, 3.8) is 0 Å². The number of fused-ring (bicyclic) bond motifs is 1. The summed E-state index contributed by atoms with van der Waals surface area (Å²) in [4.78, 5) is 10.0. The summed E-state index contributed by atoms with van der Waals surface area (Å²) in [5, 5.41) is 3.36. The van der Waals surface area contributed by atoms with Gasteiger partial charge in [-0.25, -0.2) is 9.97 Å². The predicted molar refractivity (Wildman–Crippen MR) is 80.3 cm³/mol. The number of thiophene rings is 1. The molecule has 0 unspecified atom stereocenters. The lowest BCUT2D eigenvalue weighted by atomic mass is 10.1. The number of nitrogens with zero attached hydrogens (tertiary/aromatic N) is 2. The molecule has 0 fully saturated rings. The summed E-state index contributed by atoms with van der Waals surface area (Å²) in [6, 6.07) is 7.97. The zero-order chi connectivity index (χ0) is 12.7. The molecule has 1 aromatic carbocycles. The van der Waals surface area contributed by atoms with Crippen molar-refractivity contribution in [3.8, 4) is 10.7 Å². The zero-order valence-electron chi connectivity index (χ0n) is 9.45. The molecule has 0 saturated heterocycles. The fraction of sp³-hybridized carbons (Fsp3) is 0.0769. The van der Waals surface area contributed by atoms with E-state index in [2.05, 4.69) is 25.9 Å². The van der Waals surface area contributed by atoms with Crippen molar-refractivity contribution in [1.29, 1.82) is 0 Å². The molecule has 5 heteroatoms. The van der Waals surface area contributed by atoms with Crippen LogP contribution in [0, 0.1) is 6.92 Å². The Morgan fingerprint density at radius 1 is 1.22 bits per heavy atom. The van der Waals surface area contributed by atoms with Crippen LogP contribution in [0.1, 0.15) is 5.56 Å². The fourth-order valence-electron chi connectivity index (χ4n) is 1.81. The number of rotatable bonds is 1. The van der Waals surface area contributed by atoms with E-state index in [4.69, 9.17) is 11.6 Å². The molecule has 2 heterocycles. The maximum Gasteiger partial charge on any atom is 0.171 e. The highest BCUT2D eigenvalue weighted by molar-refractivity contribution is 9.10. The highest BCUT2D eigenvalue weighted by Crippen LogP contribution is 2.33. The van der Waals surface area contributed by atoms with Crippen LogP contribution in [0.25, 0.3) is 21.6 Å². The Morgan fingerprint density at radius 2 is 2.06 bits per heavy atom. The Kier molecular flexibility index (Phi) is 3.09.